The van der Waals surface area contributed by atoms with Crippen molar-refractivity contribution >= 4 is 0 Å². The van der Waals surface area contributed by atoms with E-state index in [9.17, 15) is 13.9 Å². The molecule has 1 aromatic carbocycles. The van der Waals surface area contributed by atoms with Gasteiger partial charge in [-0.05, 0) is 37.3 Å². The number of aliphatic hydroxyl groups excluding tert-OH is 1. The van der Waals surface area contributed by atoms with Gasteiger partial charge in [0.25, 0.3) is 0 Å². The van der Waals surface area contributed by atoms with Crippen molar-refractivity contribution < 1.29 is 18.6 Å². The summed E-state index contributed by atoms with van der Waals surface area (Å²) in [5.41, 5.74) is 0. The first-order chi connectivity index (χ1) is 9.11. The number of benzene rings is 1. The molecule has 3 unspecified atom stereocenters. The number of hydrogen-bond acceptors (Lipinski definition) is 2. The zero-order valence-corrected chi connectivity index (χ0v) is 11.1. The Hall–Kier alpha value is -1.16. The van der Waals surface area contributed by atoms with Crippen LogP contribution in [0, 0.1) is 17.6 Å². The van der Waals surface area contributed by atoms with E-state index in [1.165, 1.54) is 12.1 Å². The highest BCUT2D eigenvalue weighted by Gasteiger charge is 2.31. The van der Waals surface area contributed by atoms with Crippen LogP contribution in [0.15, 0.2) is 18.2 Å². The Balaban J connectivity index is 2.05. The molecule has 4 heteroatoms. The molecular formula is C15H20F2O2. The van der Waals surface area contributed by atoms with Crippen LogP contribution in [0.4, 0.5) is 8.78 Å². The van der Waals surface area contributed by atoms with Crippen molar-refractivity contribution in [1.82, 2.24) is 0 Å². The molecule has 106 valence electrons. The van der Waals surface area contributed by atoms with Crippen molar-refractivity contribution in [2.45, 2.75) is 51.2 Å². The molecule has 0 bridgehead atoms. The highest BCUT2D eigenvalue weighted by atomic mass is 19.2. The van der Waals surface area contributed by atoms with E-state index in [4.69, 9.17) is 4.74 Å². The number of rotatable bonds is 4. The predicted molar refractivity (Wildman–Crippen MR) is 69.0 cm³/mol. The third-order valence-electron chi connectivity index (χ3n) is 3.76. The predicted octanol–water partition coefficient (Wildman–Crippen LogP) is 3.67. The zero-order chi connectivity index (χ0) is 13.8. The van der Waals surface area contributed by atoms with Crippen molar-refractivity contribution in [3.63, 3.8) is 0 Å². The lowest BCUT2D eigenvalue weighted by molar-refractivity contribution is -0.0136. The Bertz CT molecular complexity index is 423. The van der Waals surface area contributed by atoms with Crippen molar-refractivity contribution in [3.8, 4) is 5.75 Å². The van der Waals surface area contributed by atoms with E-state index in [0.29, 0.717) is 18.8 Å². The normalized spacial score (nSPS) is 27.3. The van der Waals surface area contributed by atoms with Gasteiger partial charge in [0.05, 0.1) is 6.10 Å². The highest BCUT2D eigenvalue weighted by Crippen LogP contribution is 2.32. The van der Waals surface area contributed by atoms with Gasteiger partial charge in [0.15, 0.2) is 11.6 Å². The molecule has 2 nitrogen and oxygen atoms in total. The second-order valence-corrected chi connectivity index (χ2v) is 5.24. The second kappa shape index (κ2) is 6.33. The fourth-order valence-corrected chi connectivity index (χ4v) is 2.73. The minimum atomic E-state index is -0.979. The van der Waals surface area contributed by atoms with E-state index >= 15 is 0 Å². The van der Waals surface area contributed by atoms with Crippen molar-refractivity contribution in [2.24, 2.45) is 5.92 Å². The Kier molecular flexibility index (Phi) is 4.75. The van der Waals surface area contributed by atoms with Crippen LogP contribution in [-0.4, -0.2) is 17.3 Å². The molecule has 1 aromatic rings. The summed E-state index contributed by atoms with van der Waals surface area (Å²) < 4.78 is 32.1. The molecule has 0 aliphatic heterocycles. The molecule has 0 saturated heterocycles. The first-order valence-electron chi connectivity index (χ1n) is 6.90. The maximum atomic E-state index is 13.5. The SMILES string of the molecule is CCCC1CCC(O)C(Oc2cccc(F)c2F)C1. The van der Waals surface area contributed by atoms with E-state index in [2.05, 4.69) is 6.92 Å². The lowest BCUT2D eigenvalue weighted by Gasteiger charge is -2.33. The van der Waals surface area contributed by atoms with E-state index in [-0.39, 0.29) is 5.75 Å². The van der Waals surface area contributed by atoms with Gasteiger partial charge < -0.3 is 9.84 Å². The molecule has 0 amide bonds. The van der Waals surface area contributed by atoms with Crippen LogP contribution in [0.1, 0.15) is 39.0 Å². The molecule has 0 radical (unpaired) electrons. The van der Waals surface area contributed by atoms with Crippen LogP contribution < -0.4 is 4.74 Å². The minimum absolute atomic E-state index is 0.110. The summed E-state index contributed by atoms with van der Waals surface area (Å²) in [5, 5.41) is 9.94. The molecule has 1 aliphatic carbocycles. The maximum Gasteiger partial charge on any atom is 0.200 e. The Morgan fingerprint density at radius 2 is 2.11 bits per heavy atom. The van der Waals surface area contributed by atoms with Crippen LogP contribution >= 0.6 is 0 Å². The fourth-order valence-electron chi connectivity index (χ4n) is 2.73. The standard InChI is InChI=1S/C15H20F2O2/c1-2-4-10-7-8-12(18)14(9-10)19-13-6-3-5-11(16)15(13)17/h3,5-6,10,12,14,18H,2,4,7-9H2,1H3. The lowest BCUT2D eigenvalue weighted by atomic mass is 9.83. The highest BCUT2D eigenvalue weighted by molar-refractivity contribution is 5.25. The number of aliphatic hydroxyl groups is 1. The molecule has 0 heterocycles. The van der Waals surface area contributed by atoms with Crippen LogP contribution in [0.5, 0.6) is 5.75 Å². The summed E-state index contributed by atoms with van der Waals surface area (Å²) in [7, 11) is 0. The van der Waals surface area contributed by atoms with Gasteiger partial charge in [0.2, 0.25) is 5.82 Å². The zero-order valence-electron chi connectivity index (χ0n) is 11.1. The van der Waals surface area contributed by atoms with Crippen LogP contribution in [0.2, 0.25) is 0 Å². The topological polar surface area (TPSA) is 29.5 Å². The first kappa shape index (κ1) is 14.3. The van der Waals surface area contributed by atoms with Crippen LogP contribution in [0.25, 0.3) is 0 Å². The summed E-state index contributed by atoms with van der Waals surface area (Å²) in [6, 6.07) is 3.86. The first-order valence-corrected chi connectivity index (χ1v) is 6.90. The third kappa shape index (κ3) is 3.44. The van der Waals surface area contributed by atoms with E-state index in [0.717, 1.165) is 25.3 Å². The monoisotopic (exact) mass is 270 g/mol. The minimum Gasteiger partial charge on any atom is -0.485 e. The summed E-state index contributed by atoms with van der Waals surface area (Å²) in [4.78, 5) is 0. The molecule has 2 rings (SSSR count). The average Bonchev–Trinajstić information content (AvgIpc) is 2.39. The second-order valence-electron chi connectivity index (χ2n) is 5.24. The summed E-state index contributed by atoms with van der Waals surface area (Å²) >= 11 is 0. The fraction of sp³-hybridized carbons (Fsp3) is 0.600. The smallest absolute Gasteiger partial charge is 0.200 e. The van der Waals surface area contributed by atoms with Gasteiger partial charge >= 0.3 is 0 Å². The molecule has 1 N–H and O–H groups in total. The third-order valence-corrected chi connectivity index (χ3v) is 3.76. The molecule has 1 aliphatic rings. The van der Waals surface area contributed by atoms with Crippen LogP contribution in [-0.2, 0) is 0 Å². The van der Waals surface area contributed by atoms with E-state index in [1.54, 1.807) is 0 Å². The van der Waals surface area contributed by atoms with Crippen molar-refractivity contribution in [1.29, 1.82) is 0 Å². The van der Waals surface area contributed by atoms with Gasteiger partial charge in [-0.1, -0.05) is 25.8 Å². The summed E-state index contributed by atoms with van der Waals surface area (Å²) in [5.74, 6) is -1.52. The van der Waals surface area contributed by atoms with Gasteiger partial charge in [-0.3, -0.25) is 0 Å². The summed E-state index contributed by atoms with van der Waals surface area (Å²) in [6.45, 7) is 2.12. The molecule has 19 heavy (non-hydrogen) atoms. The van der Waals surface area contributed by atoms with Gasteiger partial charge in [0.1, 0.15) is 6.10 Å². The number of hydrogen-bond donors (Lipinski definition) is 1. The number of halogens is 2. The van der Waals surface area contributed by atoms with Crippen molar-refractivity contribution in [2.75, 3.05) is 0 Å². The molecule has 3 atom stereocenters. The maximum absolute atomic E-state index is 13.5. The Morgan fingerprint density at radius 3 is 2.84 bits per heavy atom. The molecule has 0 aromatic heterocycles. The van der Waals surface area contributed by atoms with Gasteiger partial charge in [-0.25, -0.2) is 4.39 Å². The largest absolute Gasteiger partial charge is 0.485 e. The number of ether oxygens (including phenoxy) is 1. The van der Waals surface area contributed by atoms with Gasteiger partial charge in [-0.2, -0.15) is 4.39 Å². The Labute approximate surface area is 112 Å². The van der Waals surface area contributed by atoms with E-state index in [1.807, 2.05) is 0 Å². The average molecular weight is 270 g/mol. The van der Waals surface area contributed by atoms with Gasteiger partial charge in [-0.15, -0.1) is 0 Å². The lowest BCUT2D eigenvalue weighted by Crippen LogP contribution is -2.38. The summed E-state index contributed by atoms with van der Waals surface area (Å²) in [6.07, 6.45) is 3.45. The van der Waals surface area contributed by atoms with E-state index < -0.39 is 23.8 Å². The molecular weight excluding hydrogens is 250 g/mol. The Morgan fingerprint density at radius 1 is 1.32 bits per heavy atom. The molecule has 0 spiro atoms. The van der Waals surface area contributed by atoms with Gasteiger partial charge in [0, 0.05) is 0 Å². The molecule has 1 fully saturated rings. The van der Waals surface area contributed by atoms with Crippen molar-refractivity contribution in [3.05, 3.63) is 29.8 Å². The van der Waals surface area contributed by atoms with Crippen LogP contribution in [0.3, 0.4) is 0 Å². The quantitative estimate of drug-likeness (QED) is 0.904. The molecule has 1 saturated carbocycles.